The molecule has 4 aromatic rings. The number of amides is 2. The minimum Gasteiger partial charge on any atom is -0.507 e. The van der Waals surface area contributed by atoms with Gasteiger partial charge in [0.15, 0.2) is 23.1 Å². The van der Waals surface area contributed by atoms with Crippen molar-refractivity contribution in [3.63, 3.8) is 0 Å². The molecule has 2 heterocycles. The molecular weight excluding hydrogens is 822 g/mol. The number of benzene rings is 4. The largest absolute Gasteiger partial charge is 0.507 e. The number of carbonyl (C=O) groups excluding carboxylic acids is 6. The van der Waals surface area contributed by atoms with Gasteiger partial charge in [-0.1, -0.05) is 80.4 Å². The number of Topliss-reactive ketones (excluding diaryl/α,β-unsaturated/α-hetero) is 4. The van der Waals surface area contributed by atoms with E-state index in [1.165, 1.54) is 42.4 Å². The SMILES string of the molecule is C[C@@H]1CC(=O)[C@@H](N(C)C(=O)[C@H](CCCCN)CC(=O)c2ccc(-c3ccc(Cl)cc3)cc2)c2ccc(O)c(c2)-c2cc(ccc2O)C[C@@H](C(=O)C[C@@H](C)C(=O)C2=NN=CC2)NC1=O. The first kappa shape index (κ1) is 46.2. The third-order valence-electron chi connectivity index (χ3n) is 11.8. The lowest BCUT2D eigenvalue weighted by atomic mass is 9.87. The quantitative estimate of drug-likeness (QED) is 0.0700. The van der Waals surface area contributed by atoms with Gasteiger partial charge in [-0.25, -0.2) is 0 Å². The second-order valence-corrected chi connectivity index (χ2v) is 16.9. The Morgan fingerprint density at radius 2 is 1.52 bits per heavy atom. The van der Waals surface area contributed by atoms with E-state index in [2.05, 4.69) is 15.5 Å². The standard InChI is InChI=1S/C49H52ClN5O8/c1-28(47(61)39-19-21-52-54-39)22-44(59)40-25-30-7-17-41(56)37(24-30)38-26-34(14-18-42(38)57)46(45(60)23-29(2)48(62)53-40)55(3)49(63)35(6-4-5-20-51)27-43(58)33-10-8-31(9-11-33)32-12-15-36(50)16-13-32/h7-18,21,24,26,28-29,35,40,46,56-57H,4-6,19-20,22-23,25,27,51H2,1-3H3,(H,53,62)/t28-,29-,35-,40+,46+/m1/s1. The molecule has 0 aliphatic carbocycles. The maximum atomic E-state index is 14.7. The third-order valence-corrected chi connectivity index (χ3v) is 12.0. The Morgan fingerprint density at radius 1 is 0.873 bits per heavy atom. The van der Waals surface area contributed by atoms with Crippen LogP contribution in [0, 0.1) is 17.8 Å². The number of ketones is 4. The summed E-state index contributed by atoms with van der Waals surface area (Å²) in [5.74, 6) is -5.54. The second-order valence-electron chi connectivity index (χ2n) is 16.5. The molecule has 6 rings (SSSR count). The number of nitrogens with two attached hydrogens (primary N) is 1. The zero-order valence-corrected chi connectivity index (χ0v) is 36.3. The number of hydrogen-bond donors (Lipinski definition) is 4. The number of fused-ring (bicyclic) bond motifs is 5. The molecule has 5 atom stereocenters. The van der Waals surface area contributed by atoms with Crippen LogP contribution in [0.5, 0.6) is 11.5 Å². The van der Waals surface area contributed by atoms with E-state index in [4.69, 9.17) is 17.3 Å². The van der Waals surface area contributed by atoms with Gasteiger partial charge in [0.2, 0.25) is 11.8 Å². The van der Waals surface area contributed by atoms with Crippen LogP contribution in [0.15, 0.2) is 95.1 Å². The zero-order chi connectivity index (χ0) is 45.4. The lowest BCUT2D eigenvalue weighted by Gasteiger charge is -2.32. The average molecular weight is 874 g/mol. The molecule has 0 fully saturated rings. The van der Waals surface area contributed by atoms with Crippen molar-refractivity contribution in [3.8, 4) is 33.8 Å². The van der Waals surface area contributed by atoms with Gasteiger partial charge < -0.3 is 26.2 Å². The summed E-state index contributed by atoms with van der Waals surface area (Å²) in [4.78, 5) is 85.2. The summed E-state index contributed by atoms with van der Waals surface area (Å²) in [7, 11) is 1.48. The number of unbranched alkanes of at least 4 members (excludes halogenated alkanes) is 1. The van der Waals surface area contributed by atoms with Gasteiger partial charge in [-0.3, -0.25) is 28.8 Å². The maximum absolute atomic E-state index is 14.7. The summed E-state index contributed by atoms with van der Waals surface area (Å²) in [6, 6.07) is 21.0. The Hall–Kier alpha value is -6.31. The zero-order valence-electron chi connectivity index (χ0n) is 35.6. The number of hydrogen-bond acceptors (Lipinski definition) is 11. The van der Waals surface area contributed by atoms with Crippen molar-refractivity contribution in [2.75, 3.05) is 13.6 Å². The number of phenolic OH excluding ortho intramolecular Hbond substituents is 2. The van der Waals surface area contributed by atoms with Crippen LogP contribution in [0.3, 0.4) is 0 Å². The second kappa shape index (κ2) is 20.7. The normalized spacial score (nSPS) is 18.4. The minimum atomic E-state index is -1.28. The molecule has 2 aliphatic heterocycles. The highest BCUT2D eigenvalue weighted by atomic mass is 35.5. The molecule has 0 unspecified atom stereocenters. The molecule has 4 bridgehead atoms. The lowest BCUT2D eigenvalue weighted by molar-refractivity contribution is -0.142. The van der Waals surface area contributed by atoms with Gasteiger partial charge in [-0.05, 0) is 84.5 Å². The Balaban J connectivity index is 1.31. The van der Waals surface area contributed by atoms with Gasteiger partial charge in [-0.15, -0.1) is 0 Å². The third kappa shape index (κ3) is 11.2. The van der Waals surface area contributed by atoms with Crippen LogP contribution in [-0.4, -0.2) is 81.6 Å². The summed E-state index contributed by atoms with van der Waals surface area (Å²) >= 11 is 6.06. The van der Waals surface area contributed by atoms with E-state index in [1.807, 2.05) is 24.3 Å². The van der Waals surface area contributed by atoms with Gasteiger partial charge >= 0.3 is 0 Å². The predicted octanol–water partition coefficient (Wildman–Crippen LogP) is 7.23. The first-order valence-electron chi connectivity index (χ1n) is 21.1. The number of carbonyl (C=O) groups is 6. The van der Waals surface area contributed by atoms with Crippen molar-refractivity contribution in [3.05, 3.63) is 107 Å². The predicted molar refractivity (Wildman–Crippen MR) is 242 cm³/mol. The van der Waals surface area contributed by atoms with Crippen molar-refractivity contribution >= 4 is 58.5 Å². The number of phenols is 2. The van der Waals surface area contributed by atoms with Gasteiger partial charge in [0.1, 0.15) is 23.3 Å². The summed E-state index contributed by atoms with van der Waals surface area (Å²) < 4.78 is 0. The molecule has 2 aliphatic rings. The summed E-state index contributed by atoms with van der Waals surface area (Å²) in [5, 5.41) is 33.3. The summed E-state index contributed by atoms with van der Waals surface area (Å²) in [5.41, 5.74) is 9.48. The fourth-order valence-electron chi connectivity index (χ4n) is 8.14. The highest BCUT2D eigenvalue weighted by molar-refractivity contribution is 6.43. The van der Waals surface area contributed by atoms with Gasteiger partial charge in [0.25, 0.3) is 0 Å². The van der Waals surface area contributed by atoms with Gasteiger partial charge in [0, 0.05) is 78.4 Å². The van der Waals surface area contributed by atoms with Crippen LogP contribution in [0.25, 0.3) is 22.3 Å². The molecule has 0 aromatic heterocycles. The van der Waals surface area contributed by atoms with Crippen molar-refractivity contribution in [1.82, 2.24) is 10.2 Å². The molecular formula is C49H52ClN5O8. The van der Waals surface area contributed by atoms with E-state index in [0.29, 0.717) is 47.5 Å². The molecule has 13 nitrogen and oxygen atoms in total. The van der Waals surface area contributed by atoms with Crippen LogP contribution in [0.2, 0.25) is 5.02 Å². The van der Waals surface area contributed by atoms with E-state index in [-0.39, 0.29) is 72.0 Å². The van der Waals surface area contributed by atoms with Crippen LogP contribution in [-0.2, 0) is 30.4 Å². The number of nitrogens with zero attached hydrogens (tertiary/aromatic N) is 3. The van der Waals surface area contributed by atoms with Crippen molar-refractivity contribution in [1.29, 1.82) is 0 Å². The van der Waals surface area contributed by atoms with Crippen LogP contribution < -0.4 is 11.1 Å². The lowest BCUT2D eigenvalue weighted by Crippen LogP contribution is -2.46. The minimum absolute atomic E-state index is 0.0133. The number of halogens is 1. The Morgan fingerprint density at radius 3 is 2.17 bits per heavy atom. The summed E-state index contributed by atoms with van der Waals surface area (Å²) in [6.07, 6.45) is 2.55. The molecule has 63 heavy (non-hydrogen) atoms. The van der Waals surface area contributed by atoms with Gasteiger partial charge in [0.05, 0.1) is 6.04 Å². The smallest absolute Gasteiger partial charge is 0.226 e. The van der Waals surface area contributed by atoms with E-state index in [1.54, 1.807) is 50.2 Å². The van der Waals surface area contributed by atoms with Crippen LogP contribution >= 0.6 is 11.6 Å². The van der Waals surface area contributed by atoms with Crippen molar-refractivity contribution < 1.29 is 39.0 Å². The number of nitrogens with one attached hydrogen (secondary N) is 1. The van der Waals surface area contributed by atoms with E-state index in [0.717, 1.165) is 11.1 Å². The Kier molecular flexibility index (Phi) is 15.2. The van der Waals surface area contributed by atoms with Gasteiger partial charge in [-0.2, -0.15) is 10.2 Å². The fraction of sp³-hybridized carbons (Fsp3) is 0.347. The van der Waals surface area contributed by atoms with E-state index in [9.17, 15) is 39.0 Å². The highest BCUT2D eigenvalue weighted by Gasteiger charge is 2.36. The molecule has 0 spiro atoms. The first-order chi connectivity index (χ1) is 30.1. The fourth-order valence-corrected chi connectivity index (χ4v) is 8.26. The Bertz CT molecular complexity index is 2450. The number of aromatic hydroxyl groups is 2. The molecule has 328 valence electrons. The Labute approximate surface area is 371 Å². The number of likely N-dealkylation sites (N-methyl/N-ethyl adjacent to an activating group) is 1. The summed E-state index contributed by atoms with van der Waals surface area (Å²) in [6.45, 7) is 3.55. The molecule has 2 amide bonds. The van der Waals surface area contributed by atoms with Crippen molar-refractivity contribution in [2.45, 2.75) is 77.3 Å². The van der Waals surface area contributed by atoms with Crippen molar-refractivity contribution in [2.24, 2.45) is 33.7 Å². The molecule has 4 aromatic carbocycles. The van der Waals surface area contributed by atoms with E-state index < -0.39 is 53.2 Å². The van der Waals surface area contributed by atoms with E-state index >= 15 is 0 Å². The first-order valence-corrected chi connectivity index (χ1v) is 21.5. The van der Waals surface area contributed by atoms with Crippen LogP contribution in [0.1, 0.15) is 86.3 Å². The molecule has 14 heteroatoms. The number of rotatable bonds is 15. The average Bonchev–Trinajstić information content (AvgIpc) is 3.82. The molecule has 0 radical (unpaired) electrons. The molecule has 0 saturated heterocycles. The molecule has 5 N–H and O–H groups in total. The monoisotopic (exact) mass is 873 g/mol. The molecule has 0 saturated carbocycles. The van der Waals surface area contributed by atoms with Crippen LogP contribution in [0.4, 0.5) is 0 Å². The highest BCUT2D eigenvalue weighted by Crippen LogP contribution is 2.40. The maximum Gasteiger partial charge on any atom is 0.226 e. The topological polar surface area (TPSA) is 209 Å².